The topological polar surface area (TPSA) is 108 Å². The second-order valence-electron chi connectivity index (χ2n) is 26.9. The number of carboxylic acids is 1. The summed E-state index contributed by atoms with van der Waals surface area (Å²) < 4.78 is 23.0. The van der Waals surface area contributed by atoms with Gasteiger partial charge in [-0.3, -0.25) is 9.59 Å². The third-order valence-corrected chi connectivity index (χ3v) is 16.6. The predicted molar refractivity (Wildman–Crippen MR) is 410 cm³/mol. The Hall–Kier alpha value is -4.83. The minimum absolute atomic E-state index is 0.180. The van der Waals surface area contributed by atoms with E-state index in [-0.39, 0.29) is 32.2 Å². The summed E-state index contributed by atoms with van der Waals surface area (Å²) in [6.45, 7) is 4.65. The maximum absolute atomic E-state index is 13.0. The van der Waals surface area contributed by atoms with E-state index in [1.165, 1.54) is 167 Å². The molecule has 95 heavy (non-hydrogen) atoms. The molecule has 0 amide bonds. The lowest BCUT2D eigenvalue weighted by Crippen LogP contribution is -2.40. The highest BCUT2D eigenvalue weighted by Gasteiger charge is 2.25. The van der Waals surface area contributed by atoms with Gasteiger partial charge in [0, 0.05) is 12.8 Å². The number of unbranched alkanes of at least 4 members (excludes halogenated alkanes) is 32. The number of carbonyl (C=O) groups excluding carboxylic acids is 2. The highest BCUT2D eigenvalue weighted by Crippen LogP contribution is 2.18. The Morgan fingerprint density at radius 2 is 0.568 bits per heavy atom. The van der Waals surface area contributed by atoms with Gasteiger partial charge in [0.25, 0.3) is 6.29 Å². The minimum atomic E-state index is -1.52. The molecule has 9 heteroatoms. The van der Waals surface area contributed by atoms with Crippen molar-refractivity contribution in [2.24, 2.45) is 0 Å². The van der Waals surface area contributed by atoms with Gasteiger partial charge in [0.2, 0.25) is 0 Å². The van der Waals surface area contributed by atoms with Crippen molar-refractivity contribution in [3.63, 3.8) is 0 Å². The number of allylic oxidation sites excluding steroid dienone is 24. The minimum Gasteiger partial charge on any atom is -0.477 e. The van der Waals surface area contributed by atoms with E-state index in [1.807, 2.05) is 21.1 Å². The second kappa shape index (κ2) is 75.0. The van der Waals surface area contributed by atoms with Crippen molar-refractivity contribution in [1.29, 1.82) is 0 Å². The van der Waals surface area contributed by atoms with Gasteiger partial charge in [0.1, 0.15) is 13.2 Å². The fourth-order valence-electron chi connectivity index (χ4n) is 10.7. The second-order valence-corrected chi connectivity index (χ2v) is 26.9. The Kier molecular flexibility index (Phi) is 71.1. The Bertz CT molecular complexity index is 2080. The fraction of sp³-hybridized carbons (Fsp3) is 0.686. The third-order valence-electron chi connectivity index (χ3n) is 16.6. The van der Waals surface area contributed by atoms with E-state index >= 15 is 0 Å². The van der Waals surface area contributed by atoms with Crippen LogP contribution < -0.4 is 0 Å². The van der Waals surface area contributed by atoms with Gasteiger partial charge in [-0.1, -0.05) is 339 Å². The van der Waals surface area contributed by atoms with E-state index < -0.39 is 24.3 Å². The lowest BCUT2D eigenvalue weighted by Gasteiger charge is -2.25. The standard InChI is InChI=1S/C86H145NO8/c1-6-8-10-12-14-16-18-20-22-24-26-28-30-32-34-36-37-38-39-40-41-42-43-44-45-46-47-49-50-52-54-56-58-60-62-64-66-68-70-72-74-76-83(88)93-80-82(81-94-86(85(90)91)92-79-78-87(3,4)5)95-84(89)77-75-73-71-69-67-65-63-61-59-57-55-53-51-48-35-33-31-29-27-25-23-21-19-17-15-13-11-9-7-2/h8-11,14-17,20-23,26-29,32-35,51,53,57,59,82,86H,6-7,12-13,18-19,24-25,30-31,36-50,52,54-56,58,60-81H2,1-5H3/p+1/b10-8-,11-9-,16-14-,17-15-,22-20-,23-21-,28-26-,29-27-,34-32-,35-33-,53-51-,59-57-. The van der Waals surface area contributed by atoms with E-state index in [1.54, 1.807) is 0 Å². The van der Waals surface area contributed by atoms with Crippen molar-refractivity contribution < 1.29 is 42.9 Å². The van der Waals surface area contributed by atoms with Crippen LogP contribution in [0.5, 0.6) is 0 Å². The van der Waals surface area contributed by atoms with Crippen molar-refractivity contribution in [1.82, 2.24) is 0 Å². The van der Waals surface area contributed by atoms with E-state index in [2.05, 4.69) is 160 Å². The first-order chi connectivity index (χ1) is 46.6. The van der Waals surface area contributed by atoms with Gasteiger partial charge in [-0.25, -0.2) is 4.79 Å². The smallest absolute Gasteiger partial charge is 0.361 e. The third kappa shape index (κ3) is 76.4. The molecule has 0 radical (unpaired) electrons. The van der Waals surface area contributed by atoms with Crippen molar-refractivity contribution in [3.8, 4) is 0 Å². The molecular formula is C86H146NO8+. The lowest BCUT2D eigenvalue weighted by atomic mass is 10.0. The normalized spacial score (nSPS) is 13.5. The molecule has 0 spiro atoms. The number of likely N-dealkylation sites (N-methyl/N-ethyl adjacent to an activating group) is 1. The first-order valence-corrected chi connectivity index (χ1v) is 39.0. The number of carbonyl (C=O) groups is 3. The molecule has 542 valence electrons. The van der Waals surface area contributed by atoms with Gasteiger partial charge >= 0.3 is 17.9 Å². The van der Waals surface area contributed by atoms with Crippen LogP contribution in [0.1, 0.15) is 322 Å². The predicted octanol–water partition coefficient (Wildman–Crippen LogP) is 25.0. The SMILES string of the molecule is CC/C=C\C/C=C\C/C=C\C/C=C\C/C=C\C/C=C\C/C=C\CCCCCCCCCC(=O)OC(COC(=O)CCCCCCCCCCCCCCCCCCCCCCCCCCC/C=C\C/C=C\C/C=C\C/C=C\C/C=C\CC)COC(OCC[N+](C)(C)C)C(=O)O. The number of aliphatic carboxylic acids is 1. The molecule has 0 aliphatic heterocycles. The van der Waals surface area contributed by atoms with Gasteiger partial charge in [-0.05, 0) is 116 Å². The summed E-state index contributed by atoms with van der Waals surface area (Å²) in [7, 11) is 5.97. The quantitative estimate of drug-likeness (QED) is 0.0211. The Balaban J connectivity index is 4.03. The summed E-state index contributed by atoms with van der Waals surface area (Å²) in [5.41, 5.74) is 0. The zero-order valence-corrected chi connectivity index (χ0v) is 62.0. The Morgan fingerprint density at radius 3 is 0.842 bits per heavy atom. The molecule has 0 aromatic carbocycles. The summed E-state index contributed by atoms with van der Waals surface area (Å²) in [5, 5.41) is 9.77. The molecule has 0 heterocycles. The van der Waals surface area contributed by atoms with Crippen molar-refractivity contribution in [2.75, 3.05) is 47.5 Å². The molecule has 1 N–H and O–H groups in total. The van der Waals surface area contributed by atoms with Gasteiger partial charge < -0.3 is 28.5 Å². The Morgan fingerprint density at radius 1 is 0.316 bits per heavy atom. The van der Waals surface area contributed by atoms with Gasteiger partial charge in [0.15, 0.2) is 6.10 Å². The van der Waals surface area contributed by atoms with Crippen LogP contribution in [0, 0.1) is 0 Å². The maximum Gasteiger partial charge on any atom is 0.361 e. The van der Waals surface area contributed by atoms with Crippen molar-refractivity contribution in [2.45, 2.75) is 334 Å². The maximum atomic E-state index is 13.0. The number of ether oxygens (including phenoxy) is 4. The average molecular weight is 1320 g/mol. The Labute approximate surface area is 585 Å². The zero-order valence-electron chi connectivity index (χ0n) is 62.0. The first kappa shape index (κ1) is 90.2. The number of hydrogen-bond acceptors (Lipinski definition) is 7. The van der Waals surface area contributed by atoms with Crippen LogP contribution in [0.15, 0.2) is 146 Å². The molecule has 0 bridgehead atoms. The zero-order chi connectivity index (χ0) is 69.0. The highest BCUT2D eigenvalue weighted by molar-refractivity contribution is 5.71. The highest BCUT2D eigenvalue weighted by atomic mass is 16.7. The summed E-state index contributed by atoms with van der Waals surface area (Å²) in [5.74, 6) is -2.02. The van der Waals surface area contributed by atoms with Gasteiger partial charge in [0.05, 0.1) is 34.4 Å². The number of carboxylic acid groups (broad SMARTS) is 1. The molecule has 0 aliphatic rings. The molecule has 9 nitrogen and oxygen atoms in total. The molecule has 0 aromatic rings. The largest absolute Gasteiger partial charge is 0.477 e. The number of rotatable bonds is 71. The molecule has 0 saturated carbocycles. The van der Waals surface area contributed by atoms with Crippen LogP contribution in [-0.2, 0) is 33.3 Å². The van der Waals surface area contributed by atoms with Crippen LogP contribution in [0.3, 0.4) is 0 Å². The molecule has 0 aliphatic carbocycles. The van der Waals surface area contributed by atoms with Gasteiger partial charge in [-0.15, -0.1) is 0 Å². The van der Waals surface area contributed by atoms with Crippen LogP contribution >= 0.6 is 0 Å². The van der Waals surface area contributed by atoms with Crippen LogP contribution in [0.4, 0.5) is 0 Å². The molecule has 2 unspecified atom stereocenters. The van der Waals surface area contributed by atoms with E-state index in [0.29, 0.717) is 23.9 Å². The lowest BCUT2D eigenvalue weighted by molar-refractivity contribution is -0.870. The van der Waals surface area contributed by atoms with Crippen molar-refractivity contribution in [3.05, 3.63) is 146 Å². The number of esters is 2. The van der Waals surface area contributed by atoms with Crippen molar-refractivity contribution >= 4 is 17.9 Å². The summed E-state index contributed by atoms with van der Waals surface area (Å²) in [6, 6.07) is 0. The number of quaternary nitrogens is 1. The molecular weight excluding hydrogens is 1170 g/mol. The fourth-order valence-corrected chi connectivity index (χ4v) is 10.7. The van der Waals surface area contributed by atoms with E-state index in [4.69, 9.17) is 18.9 Å². The monoisotopic (exact) mass is 1320 g/mol. The van der Waals surface area contributed by atoms with Crippen LogP contribution in [0.2, 0.25) is 0 Å². The molecule has 0 saturated heterocycles. The first-order valence-electron chi connectivity index (χ1n) is 39.0. The van der Waals surface area contributed by atoms with E-state index in [0.717, 1.165) is 122 Å². The summed E-state index contributed by atoms with van der Waals surface area (Å²) in [4.78, 5) is 37.7. The summed E-state index contributed by atoms with van der Waals surface area (Å²) >= 11 is 0. The van der Waals surface area contributed by atoms with Gasteiger partial charge in [-0.2, -0.15) is 0 Å². The summed E-state index contributed by atoms with van der Waals surface area (Å²) in [6.07, 6.45) is 107. The van der Waals surface area contributed by atoms with Crippen LogP contribution in [0.25, 0.3) is 0 Å². The average Bonchev–Trinajstić information content (AvgIpc) is 2.86. The van der Waals surface area contributed by atoms with E-state index in [9.17, 15) is 19.5 Å². The molecule has 0 aromatic heterocycles. The molecule has 2 atom stereocenters. The van der Waals surface area contributed by atoms with Crippen LogP contribution in [-0.4, -0.2) is 87.4 Å². The molecule has 0 fully saturated rings. The number of nitrogens with zero attached hydrogens (tertiary/aromatic N) is 1. The molecule has 0 rings (SSSR count). The number of hydrogen-bond donors (Lipinski definition) is 1.